The molecule has 2 fully saturated rings. The highest BCUT2D eigenvalue weighted by Gasteiger charge is 2.26. The van der Waals surface area contributed by atoms with E-state index in [4.69, 9.17) is 9.47 Å². The molecule has 1 aromatic heterocycles. The van der Waals surface area contributed by atoms with E-state index in [1.54, 1.807) is 0 Å². The van der Waals surface area contributed by atoms with Crippen LogP contribution in [0, 0.1) is 5.92 Å². The summed E-state index contributed by atoms with van der Waals surface area (Å²) in [4.78, 5) is 26.2. The molecule has 3 heterocycles. The Morgan fingerprint density at radius 2 is 2.15 bits per heavy atom. The van der Waals surface area contributed by atoms with Gasteiger partial charge in [0.25, 0.3) is 0 Å². The van der Waals surface area contributed by atoms with E-state index in [1.165, 1.54) is 0 Å². The first-order chi connectivity index (χ1) is 13.2. The summed E-state index contributed by atoms with van der Waals surface area (Å²) >= 11 is 0. The van der Waals surface area contributed by atoms with Crippen LogP contribution in [0.25, 0.3) is 0 Å². The number of nitrogens with one attached hydrogen (secondary N) is 1. The predicted octanol–water partition coefficient (Wildman–Crippen LogP) is 0.837. The summed E-state index contributed by atoms with van der Waals surface area (Å²) in [5.74, 6) is 0.317. The summed E-state index contributed by atoms with van der Waals surface area (Å²) in [6.07, 6.45) is 5.37. The number of amides is 2. The largest absolute Gasteiger partial charge is 0.376 e. The molecule has 0 aromatic carbocycles. The van der Waals surface area contributed by atoms with Crippen molar-refractivity contribution in [1.29, 1.82) is 0 Å². The van der Waals surface area contributed by atoms with Crippen molar-refractivity contribution in [3.8, 4) is 0 Å². The van der Waals surface area contributed by atoms with Crippen LogP contribution in [0.5, 0.6) is 0 Å². The summed E-state index contributed by atoms with van der Waals surface area (Å²) < 4.78 is 13.0. The van der Waals surface area contributed by atoms with Gasteiger partial charge < -0.3 is 19.7 Å². The highest BCUT2D eigenvalue weighted by molar-refractivity contribution is 5.79. The molecule has 1 saturated carbocycles. The van der Waals surface area contributed by atoms with E-state index in [9.17, 15) is 9.59 Å². The summed E-state index contributed by atoms with van der Waals surface area (Å²) in [6.45, 7) is 3.66. The van der Waals surface area contributed by atoms with E-state index in [1.807, 2.05) is 15.6 Å². The molecule has 2 amide bonds. The lowest BCUT2D eigenvalue weighted by Crippen LogP contribution is -2.40. The molecule has 1 atom stereocenters. The summed E-state index contributed by atoms with van der Waals surface area (Å²) in [5, 5.41) is 7.52. The van der Waals surface area contributed by atoms with Gasteiger partial charge >= 0.3 is 0 Å². The molecule has 2 aliphatic heterocycles. The third-order valence-electron chi connectivity index (χ3n) is 5.67. The number of hydrogen-bond donors (Lipinski definition) is 1. The Morgan fingerprint density at radius 1 is 1.26 bits per heavy atom. The number of carbonyl (C=O) groups is 2. The minimum absolute atomic E-state index is 0.000262. The molecule has 0 spiro atoms. The van der Waals surface area contributed by atoms with Gasteiger partial charge in [0.15, 0.2) is 0 Å². The van der Waals surface area contributed by atoms with Crippen molar-refractivity contribution in [2.45, 2.75) is 57.8 Å². The SMILES string of the molecule is O=C(NCc1cc2n(n1)CCN(C(=O)COC[C@@H]1CCCO1)C2)C1CCC1. The fourth-order valence-corrected chi connectivity index (χ4v) is 3.76. The van der Waals surface area contributed by atoms with Gasteiger partial charge in [-0.05, 0) is 31.7 Å². The van der Waals surface area contributed by atoms with Crippen LogP contribution in [0.4, 0.5) is 0 Å². The molecule has 0 bridgehead atoms. The Bertz CT molecular complexity index is 679. The van der Waals surface area contributed by atoms with Crippen LogP contribution < -0.4 is 5.32 Å². The van der Waals surface area contributed by atoms with Crippen LogP contribution in [0.3, 0.4) is 0 Å². The molecule has 8 nitrogen and oxygen atoms in total. The van der Waals surface area contributed by atoms with E-state index < -0.39 is 0 Å². The van der Waals surface area contributed by atoms with Gasteiger partial charge in [0.2, 0.25) is 11.8 Å². The van der Waals surface area contributed by atoms with E-state index in [0.29, 0.717) is 32.8 Å². The van der Waals surface area contributed by atoms with Gasteiger partial charge in [0, 0.05) is 19.1 Å². The number of rotatable bonds is 7. The fraction of sp³-hybridized carbons (Fsp3) is 0.737. The Hall–Kier alpha value is -1.93. The van der Waals surface area contributed by atoms with E-state index in [0.717, 1.165) is 50.1 Å². The molecule has 1 N–H and O–H groups in total. The maximum atomic E-state index is 12.4. The number of carbonyl (C=O) groups excluding carboxylic acids is 2. The molecule has 27 heavy (non-hydrogen) atoms. The van der Waals surface area contributed by atoms with E-state index in [-0.39, 0.29) is 30.4 Å². The van der Waals surface area contributed by atoms with Gasteiger partial charge in [-0.25, -0.2) is 0 Å². The zero-order valence-electron chi connectivity index (χ0n) is 15.7. The molecule has 8 heteroatoms. The van der Waals surface area contributed by atoms with Crippen LogP contribution in [0.15, 0.2) is 6.07 Å². The van der Waals surface area contributed by atoms with Gasteiger partial charge in [-0.15, -0.1) is 0 Å². The maximum absolute atomic E-state index is 12.4. The third-order valence-corrected chi connectivity index (χ3v) is 5.67. The zero-order valence-corrected chi connectivity index (χ0v) is 15.7. The number of ether oxygens (including phenoxy) is 2. The Morgan fingerprint density at radius 3 is 2.89 bits per heavy atom. The van der Waals surface area contributed by atoms with Crippen LogP contribution >= 0.6 is 0 Å². The quantitative estimate of drug-likeness (QED) is 0.762. The van der Waals surface area contributed by atoms with Crippen molar-refractivity contribution in [3.05, 3.63) is 17.5 Å². The third kappa shape index (κ3) is 4.50. The van der Waals surface area contributed by atoms with Crippen molar-refractivity contribution >= 4 is 11.8 Å². The van der Waals surface area contributed by atoms with Crippen LogP contribution in [-0.2, 0) is 38.7 Å². The monoisotopic (exact) mass is 376 g/mol. The molecule has 1 saturated heterocycles. The van der Waals surface area contributed by atoms with E-state index in [2.05, 4.69) is 10.4 Å². The second kappa shape index (κ2) is 8.39. The summed E-state index contributed by atoms with van der Waals surface area (Å²) in [6, 6.07) is 1.98. The van der Waals surface area contributed by atoms with Gasteiger partial charge in [0.05, 0.1) is 43.7 Å². The summed E-state index contributed by atoms with van der Waals surface area (Å²) in [5.41, 5.74) is 1.85. The Kier molecular flexibility index (Phi) is 5.73. The first kappa shape index (κ1) is 18.4. The molecule has 3 aliphatic rings. The topological polar surface area (TPSA) is 85.7 Å². The van der Waals surface area contributed by atoms with Crippen molar-refractivity contribution in [3.63, 3.8) is 0 Å². The Labute approximate surface area is 159 Å². The maximum Gasteiger partial charge on any atom is 0.248 e. The first-order valence-corrected chi connectivity index (χ1v) is 9.99. The van der Waals surface area contributed by atoms with Gasteiger partial charge in [-0.1, -0.05) is 6.42 Å². The lowest BCUT2D eigenvalue weighted by atomic mass is 9.85. The molecule has 0 radical (unpaired) electrons. The lowest BCUT2D eigenvalue weighted by Gasteiger charge is -2.27. The average Bonchev–Trinajstić information content (AvgIpc) is 3.26. The number of fused-ring (bicyclic) bond motifs is 1. The van der Waals surface area contributed by atoms with Crippen molar-refractivity contribution in [2.75, 3.05) is 26.4 Å². The fourth-order valence-electron chi connectivity index (χ4n) is 3.76. The van der Waals surface area contributed by atoms with Gasteiger partial charge in [0.1, 0.15) is 6.61 Å². The minimum Gasteiger partial charge on any atom is -0.376 e. The molecule has 4 rings (SSSR count). The highest BCUT2D eigenvalue weighted by atomic mass is 16.5. The molecular formula is C19H28N4O4. The number of aromatic nitrogens is 2. The number of nitrogens with zero attached hydrogens (tertiary/aromatic N) is 3. The van der Waals surface area contributed by atoms with Gasteiger partial charge in [-0.2, -0.15) is 5.10 Å². The van der Waals surface area contributed by atoms with Crippen molar-refractivity contribution < 1.29 is 19.1 Å². The lowest BCUT2D eigenvalue weighted by molar-refractivity contribution is -0.138. The zero-order chi connectivity index (χ0) is 18.6. The molecule has 0 unspecified atom stereocenters. The van der Waals surface area contributed by atoms with Gasteiger partial charge in [-0.3, -0.25) is 14.3 Å². The molecule has 1 aliphatic carbocycles. The first-order valence-electron chi connectivity index (χ1n) is 9.99. The van der Waals surface area contributed by atoms with Crippen LogP contribution in [-0.4, -0.2) is 59.0 Å². The number of hydrogen-bond acceptors (Lipinski definition) is 5. The van der Waals surface area contributed by atoms with Crippen molar-refractivity contribution in [2.24, 2.45) is 5.92 Å². The molecule has 1 aromatic rings. The Balaban J connectivity index is 1.23. The summed E-state index contributed by atoms with van der Waals surface area (Å²) in [7, 11) is 0. The van der Waals surface area contributed by atoms with Crippen molar-refractivity contribution in [1.82, 2.24) is 20.0 Å². The second-order valence-electron chi connectivity index (χ2n) is 7.66. The molecule has 148 valence electrons. The molecular weight excluding hydrogens is 348 g/mol. The highest BCUT2D eigenvalue weighted by Crippen LogP contribution is 2.26. The van der Waals surface area contributed by atoms with Crippen LogP contribution in [0.2, 0.25) is 0 Å². The normalized spacial score (nSPS) is 22.4. The average molecular weight is 376 g/mol. The van der Waals surface area contributed by atoms with E-state index >= 15 is 0 Å². The standard InChI is InChI=1S/C19H28N4O4/c24-18(13-26-12-17-5-2-8-27-17)22-6-7-23-16(11-22)9-15(21-23)10-20-19(25)14-3-1-4-14/h9,14,17H,1-8,10-13H2,(H,20,25)/t17-/m0/s1. The second-order valence-corrected chi connectivity index (χ2v) is 7.66. The van der Waals surface area contributed by atoms with Crippen LogP contribution in [0.1, 0.15) is 43.5 Å². The smallest absolute Gasteiger partial charge is 0.248 e. The predicted molar refractivity (Wildman–Crippen MR) is 96.6 cm³/mol. The minimum atomic E-state index is 0.000262.